The number of anilines is 2. The van der Waals surface area contributed by atoms with Gasteiger partial charge in [-0.05, 0) is 48.5 Å². The molecule has 0 saturated heterocycles. The average Bonchev–Trinajstić information content (AvgIpc) is 2.69. The lowest BCUT2D eigenvalue weighted by atomic mass is 10.3. The fraction of sp³-hybridized carbons (Fsp3) is 0.0526. The first-order valence-electron chi connectivity index (χ1n) is 7.78. The summed E-state index contributed by atoms with van der Waals surface area (Å²) >= 11 is 0. The molecule has 7 heteroatoms. The van der Waals surface area contributed by atoms with Crippen molar-refractivity contribution in [2.45, 2.75) is 0 Å². The molecule has 0 aliphatic heterocycles. The zero-order valence-corrected chi connectivity index (χ0v) is 14.0. The van der Waals surface area contributed by atoms with Crippen LogP contribution >= 0.6 is 0 Å². The first-order valence-corrected chi connectivity index (χ1v) is 7.78. The number of aromatic nitrogens is 1. The van der Waals surface area contributed by atoms with Crippen molar-refractivity contribution in [3.05, 3.63) is 73.1 Å². The third-order valence-corrected chi connectivity index (χ3v) is 3.47. The Kier molecular flexibility index (Phi) is 5.31. The van der Waals surface area contributed by atoms with Gasteiger partial charge >= 0.3 is 6.03 Å². The van der Waals surface area contributed by atoms with Crippen molar-refractivity contribution in [3.8, 4) is 17.2 Å². The predicted molar refractivity (Wildman–Crippen MR) is 97.0 cm³/mol. The maximum absolute atomic E-state index is 12.2. The molecule has 0 atom stereocenters. The van der Waals surface area contributed by atoms with Crippen LogP contribution < -0.4 is 19.9 Å². The van der Waals surface area contributed by atoms with Gasteiger partial charge in [0.15, 0.2) is 0 Å². The molecule has 0 bridgehead atoms. The molecule has 3 aromatic rings. The van der Waals surface area contributed by atoms with Crippen molar-refractivity contribution < 1.29 is 19.5 Å². The molecule has 0 fully saturated rings. The van der Waals surface area contributed by atoms with E-state index in [2.05, 4.69) is 10.3 Å². The van der Waals surface area contributed by atoms with Crippen LogP contribution in [0.3, 0.4) is 0 Å². The number of ether oxygens (including phenoxy) is 2. The third kappa shape index (κ3) is 4.28. The highest BCUT2D eigenvalue weighted by Gasteiger charge is 2.14. The van der Waals surface area contributed by atoms with E-state index in [0.29, 0.717) is 28.0 Å². The van der Waals surface area contributed by atoms with Crippen molar-refractivity contribution in [3.63, 3.8) is 0 Å². The number of amides is 2. The van der Waals surface area contributed by atoms with E-state index < -0.39 is 6.03 Å². The fourth-order valence-electron chi connectivity index (χ4n) is 2.19. The Morgan fingerprint density at radius 3 is 2.50 bits per heavy atom. The topological polar surface area (TPSA) is 83.9 Å². The Morgan fingerprint density at radius 1 is 1.04 bits per heavy atom. The van der Waals surface area contributed by atoms with Gasteiger partial charge in [0.2, 0.25) is 0 Å². The number of methoxy groups -OCH3 is 1. The van der Waals surface area contributed by atoms with Crippen LogP contribution in [0.15, 0.2) is 73.1 Å². The molecule has 2 amide bonds. The van der Waals surface area contributed by atoms with Crippen LogP contribution in [0.1, 0.15) is 0 Å². The van der Waals surface area contributed by atoms with Crippen LogP contribution in [0.4, 0.5) is 16.2 Å². The molecule has 0 aliphatic carbocycles. The summed E-state index contributed by atoms with van der Waals surface area (Å²) in [6, 6.07) is 16.1. The van der Waals surface area contributed by atoms with Gasteiger partial charge in [0.1, 0.15) is 17.2 Å². The highest BCUT2D eigenvalue weighted by Crippen LogP contribution is 2.25. The summed E-state index contributed by atoms with van der Waals surface area (Å²) in [5.41, 5.74) is 0.787. The lowest BCUT2D eigenvalue weighted by molar-refractivity contribution is 0.216. The molecular formula is C19H17N3O4. The minimum absolute atomic E-state index is 0.261. The average molecular weight is 351 g/mol. The number of carbonyl (C=O) groups is 1. The van der Waals surface area contributed by atoms with Gasteiger partial charge < -0.3 is 14.8 Å². The molecule has 0 radical (unpaired) electrons. The Labute approximate surface area is 150 Å². The lowest BCUT2D eigenvalue weighted by Gasteiger charge is -2.17. The fourth-order valence-corrected chi connectivity index (χ4v) is 2.19. The van der Waals surface area contributed by atoms with Gasteiger partial charge in [0.25, 0.3) is 0 Å². The highest BCUT2D eigenvalue weighted by molar-refractivity contribution is 6.00. The van der Waals surface area contributed by atoms with Gasteiger partial charge in [-0.15, -0.1) is 0 Å². The number of hydrogen-bond donors (Lipinski definition) is 2. The van der Waals surface area contributed by atoms with E-state index in [1.54, 1.807) is 80.2 Å². The molecule has 0 aliphatic rings. The van der Waals surface area contributed by atoms with Gasteiger partial charge in [0, 0.05) is 18.0 Å². The van der Waals surface area contributed by atoms with Crippen molar-refractivity contribution in [2.75, 3.05) is 17.5 Å². The van der Waals surface area contributed by atoms with E-state index in [1.807, 2.05) is 0 Å². The SMILES string of the molecule is COc1ccc(NC(=O)N(O)c2cccc(Oc3cccnc3)c2)cc1. The minimum Gasteiger partial charge on any atom is -0.497 e. The molecular weight excluding hydrogens is 334 g/mol. The molecule has 0 unspecified atom stereocenters. The molecule has 7 nitrogen and oxygen atoms in total. The van der Waals surface area contributed by atoms with Gasteiger partial charge in [0.05, 0.1) is 19.0 Å². The van der Waals surface area contributed by atoms with Crippen molar-refractivity contribution in [1.29, 1.82) is 0 Å². The predicted octanol–water partition coefficient (Wildman–Crippen LogP) is 4.31. The monoisotopic (exact) mass is 351 g/mol. The minimum atomic E-state index is -0.700. The van der Waals surface area contributed by atoms with E-state index in [0.717, 1.165) is 0 Å². The van der Waals surface area contributed by atoms with Crippen LogP contribution in [0.5, 0.6) is 17.2 Å². The van der Waals surface area contributed by atoms with Crippen molar-refractivity contribution in [2.24, 2.45) is 0 Å². The zero-order chi connectivity index (χ0) is 18.4. The van der Waals surface area contributed by atoms with Crippen LogP contribution in [0.25, 0.3) is 0 Å². The zero-order valence-electron chi connectivity index (χ0n) is 14.0. The summed E-state index contributed by atoms with van der Waals surface area (Å²) in [6.07, 6.45) is 3.21. The quantitative estimate of drug-likeness (QED) is 0.528. The summed E-state index contributed by atoms with van der Waals surface area (Å²) in [5.74, 6) is 1.69. The van der Waals surface area contributed by atoms with Gasteiger partial charge in [-0.25, -0.2) is 4.79 Å². The molecule has 132 valence electrons. The second-order valence-corrected chi connectivity index (χ2v) is 5.26. The molecule has 26 heavy (non-hydrogen) atoms. The number of hydrogen-bond acceptors (Lipinski definition) is 5. The molecule has 1 heterocycles. The summed E-state index contributed by atoms with van der Waals surface area (Å²) in [7, 11) is 1.56. The Balaban J connectivity index is 1.69. The lowest BCUT2D eigenvalue weighted by Crippen LogP contribution is -2.31. The maximum Gasteiger partial charge on any atom is 0.350 e. The standard InChI is InChI=1S/C19H17N3O4/c1-25-16-9-7-14(8-10-16)21-19(23)22(24)15-4-2-5-17(12-15)26-18-6-3-11-20-13-18/h2-13,24H,1H3,(H,21,23). The van der Waals surface area contributed by atoms with E-state index >= 15 is 0 Å². The van der Waals surface area contributed by atoms with E-state index in [1.165, 1.54) is 0 Å². The number of carbonyl (C=O) groups excluding carboxylic acids is 1. The van der Waals surface area contributed by atoms with Crippen LogP contribution in [-0.4, -0.2) is 23.3 Å². The number of rotatable bonds is 5. The van der Waals surface area contributed by atoms with Crippen molar-refractivity contribution >= 4 is 17.4 Å². The van der Waals surface area contributed by atoms with Crippen LogP contribution in [0, 0.1) is 0 Å². The van der Waals surface area contributed by atoms with Crippen molar-refractivity contribution in [1.82, 2.24) is 4.98 Å². The molecule has 0 saturated carbocycles. The number of pyridine rings is 1. The molecule has 3 rings (SSSR count). The normalized spacial score (nSPS) is 10.1. The number of benzene rings is 2. The summed E-state index contributed by atoms with van der Waals surface area (Å²) in [5, 5.41) is 13.3. The molecule has 2 aromatic carbocycles. The second kappa shape index (κ2) is 8.00. The molecule has 1 aromatic heterocycles. The largest absolute Gasteiger partial charge is 0.497 e. The van der Waals surface area contributed by atoms with Gasteiger partial charge in [-0.1, -0.05) is 6.07 Å². The van der Waals surface area contributed by atoms with Gasteiger partial charge in [-0.2, -0.15) is 5.06 Å². The first-order chi connectivity index (χ1) is 12.7. The Morgan fingerprint density at radius 2 is 1.81 bits per heavy atom. The molecule has 0 spiro atoms. The number of nitrogens with zero attached hydrogens (tertiary/aromatic N) is 2. The Bertz CT molecular complexity index is 869. The molecule has 2 N–H and O–H groups in total. The van der Waals surface area contributed by atoms with Crippen LogP contribution in [-0.2, 0) is 0 Å². The van der Waals surface area contributed by atoms with Gasteiger partial charge in [-0.3, -0.25) is 10.2 Å². The second-order valence-electron chi connectivity index (χ2n) is 5.26. The third-order valence-electron chi connectivity index (χ3n) is 3.47. The summed E-state index contributed by atoms with van der Waals surface area (Å²) in [6.45, 7) is 0. The summed E-state index contributed by atoms with van der Waals surface area (Å²) < 4.78 is 10.7. The summed E-state index contributed by atoms with van der Waals surface area (Å²) in [4.78, 5) is 16.2. The van der Waals surface area contributed by atoms with Crippen LogP contribution in [0.2, 0.25) is 0 Å². The highest BCUT2D eigenvalue weighted by atomic mass is 16.5. The number of hydroxylamine groups is 1. The van der Waals surface area contributed by atoms with E-state index in [4.69, 9.17) is 9.47 Å². The Hall–Kier alpha value is -3.58. The van der Waals surface area contributed by atoms with E-state index in [9.17, 15) is 10.0 Å². The maximum atomic E-state index is 12.2. The first kappa shape index (κ1) is 17.2. The van der Waals surface area contributed by atoms with E-state index in [-0.39, 0.29) is 5.69 Å². The smallest absolute Gasteiger partial charge is 0.350 e. The number of nitrogens with one attached hydrogen (secondary N) is 1. The number of urea groups is 1.